The van der Waals surface area contributed by atoms with Crippen LogP contribution in [0.2, 0.25) is 0 Å². The van der Waals surface area contributed by atoms with Gasteiger partial charge in [0.2, 0.25) is 5.91 Å². The van der Waals surface area contributed by atoms with Crippen LogP contribution in [-0.2, 0) is 11.3 Å². The van der Waals surface area contributed by atoms with Crippen molar-refractivity contribution < 1.29 is 4.79 Å². The topological polar surface area (TPSA) is 46.9 Å². The van der Waals surface area contributed by atoms with Gasteiger partial charge in [-0.2, -0.15) is 5.10 Å². The van der Waals surface area contributed by atoms with Crippen LogP contribution in [0.1, 0.15) is 36.7 Å². The maximum atomic E-state index is 12.0. The average molecular weight is 271 g/mol. The Bertz CT molecular complexity index is 597. The van der Waals surface area contributed by atoms with E-state index in [1.807, 2.05) is 44.2 Å². The van der Waals surface area contributed by atoms with Gasteiger partial charge in [-0.25, -0.2) is 0 Å². The molecule has 20 heavy (non-hydrogen) atoms. The number of nitrogens with zero attached hydrogens (tertiary/aromatic N) is 2. The Labute approximate surface area is 119 Å². The fourth-order valence-electron chi connectivity index (χ4n) is 2.12. The third kappa shape index (κ3) is 3.47. The number of hydrogen-bond donors (Lipinski definition) is 1. The largest absolute Gasteiger partial charge is 0.324 e. The van der Waals surface area contributed by atoms with Crippen molar-refractivity contribution in [2.75, 3.05) is 5.32 Å². The fraction of sp³-hybridized carbons (Fsp3) is 0.375. The molecule has 0 aliphatic rings. The molecule has 2 aromatic rings. The van der Waals surface area contributed by atoms with Crippen LogP contribution in [0, 0.1) is 13.8 Å². The highest BCUT2D eigenvalue weighted by Gasteiger charge is 2.07. The van der Waals surface area contributed by atoms with Gasteiger partial charge < -0.3 is 5.32 Å². The Morgan fingerprint density at radius 2 is 1.90 bits per heavy atom. The lowest BCUT2D eigenvalue weighted by Crippen LogP contribution is -2.20. The quantitative estimate of drug-likeness (QED) is 0.927. The van der Waals surface area contributed by atoms with Crippen LogP contribution in [-0.4, -0.2) is 15.7 Å². The number of anilines is 1. The molecule has 0 aliphatic carbocycles. The molecule has 0 fully saturated rings. The summed E-state index contributed by atoms with van der Waals surface area (Å²) in [6, 6.07) is 9.93. The first kappa shape index (κ1) is 14.3. The molecule has 0 atom stereocenters. The lowest BCUT2D eigenvalue weighted by atomic mass is 10.0. The molecule has 4 nitrogen and oxygen atoms in total. The van der Waals surface area contributed by atoms with Crippen molar-refractivity contribution in [3.63, 3.8) is 0 Å². The summed E-state index contributed by atoms with van der Waals surface area (Å²) >= 11 is 0. The van der Waals surface area contributed by atoms with E-state index in [1.54, 1.807) is 4.68 Å². The minimum Gasteiger partial charge on any atom is -0.324 e. The second-order valence-corrected chi connectivity index (χ2v) is 5.41. The molecule has 0 radical (unpaired) electrons. The Balaban J connectivity index is 1.99. The molecule has 1 aromatic carbocycles. The zero-order chi connectivity index (χ0) is 14.7. The molecule has 2 rings (SSSR count). The predicted molar refractivity (Wildman–Crippen MR) is 80.9 cm³/mol. The lowest BCUT2D eigenvalue weighted by Gasteiger charge is -2.09. The second kappa shape index (κ2) is 5.90. The number of amides is 1. The molecule has 0 unspecified atom stereocenters. The third-order valence-corrected chi connectivity index (χ3v) is 3.26. The van der Waals surface area contributed by atoms with Gasteiger partial charge in [0.15, 0.2) is 0 Å². The van der Waals surface area contributed by atoms with Crippen molar-refractivity contribution >= 4 is 11.6 Å². The van der Waals surface area contributed by atoms with Crippen LogP contribution in [0.25, 0.3) is 0 Å². The highest BCUT2D eigenvalue weighted by Crippen LogP contribution is 2.17. The van der Waals surface area contributed by atoms with Crippen LogP contribution >= 0.6 is 0 Å². The van der Waals surface area contributed by atoms with E-state index in [2.05, 4.69) is 24.3 Å². The van der Waals surface area contributed by atoms with E-state index in [0.717, 1.165) is 17.1 Å². The van der Waals surface area contributed by atoms with E-state index in [-0.39, 0.29) is 12.5 Å². The normalized spacial score (nSPS) is 10.8. The van der Waals surface area contributed by atoms with Crippen molar-refractivity contribution in [3.8, 4) is 0 Å². The van der Waals surface area contributed by atoms with Crippen molar-refractivity contribution in [3.05, 3.63) is 47.3 Å². The van der Waals surface area contributed by atoms with E-state index < -0.39 is 0 Å². The van der Waals surface area contributed by atoms with Gasteiger partial charge in [-0.15, -0.1) is 0 Å². The summed E-state index contributed by atoms with van der Waals surface area (Å²) in [5.41, 5.74) is 4.01. The van der Waals surface area contributed by atoms with Gasteiger partial charge in [0, 0.05) is 11.4 Å². The van der Waals surface area contributed by atoms with Crippen molar-refractivity contribution in [2.24, 2.45) is 0 Å². The van der Waals surface area contributed by atoms with Crippen LogP contribution in [0.5, 0.6) is 0 Å². The number of rotatable bonds is 4. The number of aryl methyl sites for hydroxylation is 2. The minimum atomic E-state index is -0.0616. The first-order valence-electron chi connectivity index (χ1n) is 6.86. The monoisotopic (exact) mass is 271 g/mol. The van der Waals surface area contributed by atoms with E-state index in [0.29, 0.717) is 5.92 Å². The smallest absolute Gasteiger partial charge is 0.246 e. The molecule has 0 spiro atoms. The first-order valence-corrected chi connectivity index (χ1v) is 6.86. The number of carbonyl (C=O) groups excluding carboxylic acids is 1. The number of hydrogen-bond acceptors (Lipinski definition) is 2. The van der Waals surface area contributed by atoms with Gasteiger partial charge in [0.25, 0.3) is 0 Å². The molecule has 1 amide bonds. The van der Waals surface area contributed by atoms with Gasteiger partial charge >= 0.3 is 0 Å². The second-order valence-electron chi connectivity index (χ2n) is 5.41. The van der Waals surface area contributed by atoms with Gasteiger partial charge in [-0.1, -0.05) is 26.0 Å². The molecular formula is C16H21N3O. The number of carbonyl (C=O) groups is 1. The van der Waals surface area contributed by atoms with Crippen molar-refractivity contribution in [2.45, 2.75) is 40.2 Å². The number of nitrogens with one attached hydrogen (secondary N) is 1. The molecule has 4 heteroatoms. The number of benzene rings is 1. The van der Waals surface area contributed by atoms with E-state index in [1.165, 1.54) is 5.56 Å². The highest BCUT2D eigenvalue weighted by molar-refractivity contribution is 5.90. The SMILES string of the molecule is Cc1cc(C)n(CC(=O)Nc2ccc(C(C)C)cc2)n1. The van der Waals surface area contributed by atoms with Gasteiger partial charge in [0.1, 0.15) is 6.54 Å². The highest BCUT2D eigenvalue weighted by atomic mass is 16.2. The van der Waals surface area contributed by atoms with Crippen molar-refractivity contribution in [1.29, 1.82) is 0 Å². The maximum Gasteiger partial charge on any atom is 0.246 e. The van der Waals surface area contributed by atoms with E-state index in [9.17, 15) is 4.79 Å². The molecule has 106 valence electrons. The summed E-state index contributed by atoms with van der Waals surface area (Å²) in [6.45, 7) is 8.41. The summed E-state index contributed by atoms with van der Waals surface area (Å²) in [7, 11) is 0. The Morgan fingerprint density at radius 1 is 1.25 bits per heavy atom. The minimum absolute atomic E-state index is 0.0616. The third-order valence-electron chi connectivity index (χ3n) is 3.26. The molecule has 0 saturated carbocycles. The molecule has 1 aromatic heterocycles. The predicted octanol–water partition coefficient (Wildman–Crippen LogP) is 3.26. The molecule has 0 saturated heterocycles. The number of aromatic nitrogens is 2. The average Bonchev–Trinajstić information content (AvgIpc) is 2.68. The molecular weight excluding hydrogens is 250 g/mol. The van der Waals surface area contributed by atoms with Crippen LogP contribution in [0.4, 0.5) is 5.69 Å². The van der Waals surface area contributed by atoms with Crippen LogP contribution in [0.15, 0.2) is 30.3 Å². The maximum absolute atomic E-state index is 12.0. The van der Waals surface area contributed by atoms with Crippen LogP contribution < -0.4 is 5.32 Å². The standard InChI is InChI=1S/C16H21N3O/c1-11(2)14-5-7-15(8-6-14)17-16(20)10-19-13(4)9-12(3)18-19/h5-9,11H,10H2,1-4H3,(H,17,20). The fourth-order valence-corrected chi connectivity index (χ4v) is 2.12. The molecule has 1 heterocycles. The molecule has 0 aliphatic heterocycles. The Kier molecular flexibility index (Phi) is 4.23. The molecule has 1 N–H and O–H groups in total. The summed E-state index contributed by atoms with van der Waals surface area (Å²) in [4.78, 5) is 12.0. The first-order chi connectivity index (χ1) is 9.45. The van der Waals surface area contributed by atoms with Gasteiger partial charge in [-0.3, -0.25) is 9.48 Å². The molecule has 0 bridgehead atoms. The van der Waals surface area contributed by atoms with E-state index >= 15 is 0 Å². The summed E-state index contributed by atoms with van der Waals surface area (Å²) in [5, 5.41) is 7.18. The van der Waals surface area contributed by atoms with Crippen molar-refractivity contribution in [1.82, 2.24) is 9.78 Å². The zero-order valence-corrected chi connectivity index (χ0v) is 12.5. The summed E-state index contributed by atoms with van der Waals surface area (Å²) < 4.78 is 1.72. The summed E-state index contributed by atoms with van der Waals surface area (Å²) in [6.07, 6.45) is 0. The lowest BCUT2D eigenvalue weighted by molar-refractivity contribution is -0.116. The summed E-state index contributed by atoms with van der Waals surface area (Å²) in [5.74, 6) is 0.433. The zero-order valence-electron chi connectivity index (χ0n) is 12.5. The van der Waals surface area contributed by atoms with E-state index in [4.69, 9.17) is 0 Å². The van der Waals surface area contributed by atoms with Gasteiger partial charge in [0.05, 0.1) is 5.69 Å². The Hall–Kier alpha value is -2.10. The van der Waals surface area contributed by atoms with Gasteiger partial charge in [-0.05, 0) is 43.5 Å². The van der Waals surface area contributed by atoms with Crippen LogP contribution in [0.3, 0.4) is 0 Å². The Morgan fingerprint density at radius 3 is 2.40 bits per heavy atom.